The summed E-state index contributed by atoms with van der Waals surface area (Å²) in [6, 6.07) is 9.76. The van der Waals surface area contributed by atoms with Crippen LogP contribution >= 0.6 is 0 Å². The molecule has 0 saturated heterocycles. The third kappa shape index (κ3) is 3.86. The molecule has 0 bridgehead atoms. The Kier molecular flexibility index (Phi) is 4.94. The second-order valence-electron chi connectivity index (χ2n) is 5.70. The van der Waals surface area contributed by atoms with Crippen molar-refractivity contribution in [2.24, 2.45) is 0 Å². The molecule has 3 aromatic rings. The van der Waals surface area contributed by atoms with Crippen molar-refractivity contribution in [3.63, 3.8) is 0 Å². The molecule has 0 aliphatic heterocycles. The third-order valence-corrected chi connectivity index (χ3v) is 3.54. The van der Waals surface area contributed by atoms with E-state index in [4.69, 9.17) is 14.6 Å². The van der Waals surface area contributed by atoms with E-state index < -0.39 is 5.97 Å². The lowest BCUT2D eigenvalue weighted by Crippen LogP contribution is -2.08. The molecule has 3 rings (SSSR count). The van der Waals surface area contributed by atoms with Crippen molar-refractivity contribution in [3.05, 3.63) is 59.0 Å². The van der Waals surface area contributed by atoms with Crippen molar-refractivity contribution in [2.75, 3.05) is 7.11 Å². The first kappa shape index (κ1) is 17.6. The zero-order chi connectivity index (χ0) is 18.7. The first-order valence-corrected chi connectivity index (χ1v) is 7.88. The number of ether oxygens (including phenoxy) is 2. The highest BCUT2D eigenvalue weighted by Gasteiger charge is 2.12. The van der Waals surface area contributed by atoms with Crippen molar-refractivity contribution in [1.29, 1.82) is 0 Å². The average molecular weight is 354 g/mol. The van der Waals surface area contributed by atoms with Gasteiger partial charge >= 0.3 is 5.97 Å². The van der Waals surface area contributed by atoms with E-state index in [2.05, 4.69) is 15.1 Å². The molecule has 0 aliphatic rings. The van der Waals surface area contributed by atoms with Gasteiger partial charge in [-0.15, -0.1) is 0 Å². The Morgan fingerprint density at radius 3 is 2.65 bits per heavy atom. The van der Waals surface area contributed by atoms with Gasteiger partial charge in [0.2, 0.25) is 5.88 Å². The number of methoxy groups -OCH3 is 1. The minimum absolute atomic E-state index is 0.132. The van der Waals surface area contributed by atoms with Gasteiger partial charge in [-0.05, 0) is 38.1 Å². The van der Waals surface area contributed by atoms with Crippen LogP contribution in [0.2, 0.25) is 0 Å². The normalized spacial score (nSPS) is 10.7. The summed E-state index contributed by atoms with van der Waals surface area (Å²) in [5.74, 6) is -0.0282. The molecule has 8 nitrogen and oxygen atoms in total. The van der Waals surface area contributed by atoms with Crippen LogP contribution in [-0.2, 0) is 11.3 Å². The van der Waals surface area contributed by atoms with E-state index >= 15 is 0 Å². The van der Waals surface area contributed by atoms with E-state index in [1.807, 2.05) is 19.9 Å². The fourth-order valence-electron chi connectivity index (χ4n) is 2.47. The summed E-state index contributed by atoms with van der Waals surface area (Å²) in [5.41, 5.74) is 2.48. The van der Waals surface area contributed by atoms with Gasteiger partial charge in [-0.2, -0.15) is 10.1 Å². The van der Waals surface area contributed by atoms with Crippen molar-refractivity contribution >= 4 is 5.97 Å². The van der Waals surface area contributed by atoms with E-state index in [-0.39, 0.29) is 18.1 Å². The van der Waals surface area contributed by atoms with Crippen LogP contribution in [0, 0.1) is 13.8 Å². The van der Waals surface area contributed by atoms with E-state index in [0.717, 1.165) is 11.4 Å². The van der Waals surface area contributed by atoms with Gasteiger partial charge in [-0.3, -0.25) is 0 Å². The Balaban J connectivity index is 2.00. The molecular weight excluding hydrogens is 336 g/mol. The monoisotopic (exact) mass is 354 g/mol. The van der Waals surface area contributed by atoms with Gasteiger partial charge in [-0.1, -0.05) is 6.07 Å². The van der Waals surface area contributed by atoms with Crippen molar-refractivity contribution in [3.8, 4) is 17.6 Å². The molecule has 26 heavy (non-hydrogen) atoms. The largest absolute Gasteiger partial charge is 0.478 e. The van der Waals surface area contributed by atoms with Crippen molar-refractivity contribution in [2.45, 2.75) is 20.5 Å². The Labute approximate surface area is 150 Å². The molecule has 0 aliphatic carbocycles. The van der Waals surface area contributed by atoms with Gasteiger partial charge in [-0.25, -0.2) is 14.5 Å². The summed E-state index contributed by atoms with van der Waals surface area (Å²) in [6.07, 6.45) is 0. The van der Waals surface area contributed by atoms with Crippen LogP contribution in [0.1, 0.15) is 27.4 Å². The van der Waals surface area contributed by atoms with Crippen LogP contribution in [0.4, 0.5) is 0 Å². The maximum absolute atomic E-state index is 11.1. The Bertz CT molecular complexity index is 952. The number of nitrogens with zero attached hydrogens (tertiary/aromatic N) is 4. The zero-order valence-corrected chi connectivity index (χ0v) is 14.6. The van der Waals surface area contributed by atoms with Crippen LogP contribution in [0.5, 0.6) is 11.6 Å². The highest BCUT2D eigenvalue weighted by molar-refractivity contribution is 5.88. The third-order valence-electron chi connectivity index (χ3n) is 3.54. The van der Waals surface area contributed by atoms with Crippen LogP contribution in [0.25, 0.3) is 5.95 Å². The first-order chi connectivity index (χ1) is 12.5. The number of rotatable bonds is 6. The highest BCUT2D eigenvalue weighted by Crippen LogP contribution is 2.23. The molecule has 0 spiro atoms. The molecule has 0 amide bonds. The summed E-state index contributed by atoms with van der Waals surface area (Å²) in [7, 11) is 1.57. The number of carbonyl (C=O) groups is 1. The van der Waals surface area contributed by atoms with Crippen molar-refractivity contribution in [1.82, 2.24) is 19.7 Å². The molecule has 0 unspecified atom stereocenters. The molecule has 2 aromatic heterocycles. The quantitative estimate of drug-likeness (QED) is 0.726. The minimum atomic E-state index is -1.03. The number of aromatic nitrogens is 4. The number of hydrogen-bond donors (Lipinski definition) is 1. The predicted octanol–water partition coefficient (Wildman–Crippen LogP) is 2.92. The summed E-state index contributed by atoms with van der Waals surface area (Å²) in [5, 5.41) is 13.5. The van der Waals surface area contributed by atoms with E-state index in [0.29, 0.717) is 17.4 Å². The maximum atomic E-state index is 11.1. The Morgan fingerprint density at radius 1 is 1.19 bits per heavy atom. The number of carboxylic acid groups (broad SMARTS) is 1. The van der Waals surface area contributed by atoms with E-state index in [1.54, 1.807) is 30.0 Å². The molecule has 1 aromatic carbocycles. The Morgan fingerprint density at radius 2 is 2.00 bits per heavy atom. The van der Waals surface area contributed by atoms with E-state index in [9.17, 15) is 4.79 Å². The van der Waals surface area contributed by atoms with E-state index in [1.165, 1.54) is 12.1 Å². The number of benzene rings is 1. The van der Waals surface area contributed by atoms with Gasteiger partial charge in [0.1, 0.15) is 5.75 Å². The zero-order valence-electron chi connectivity index (χ0n) is 14.6. The van der Waals surface area contributed by atoms with Crippen molar-refractivity contribution < 1.29 is 19.4 Å². The minimum Gasteiger partial charge on any atom is -0.478 e. The molecule has 0 atom stereocenters. The molecule has 2 heterocycles. The molecule has 0 saturated carbocycles. The van der Waals surface area contributed by atoms with Gasteiger partial charge < -0.3 is 14.6 Å². The topological polar surface area (TPSA) is 99.4 Å². The predicted molar refractivity (Wildman–Crippen MR) is 92.8 cm³/mol. The molecule has 0 fully saturated rings. The second-order valence-corrected chi connectivity index (χ2v) is 5.70. The fraction of sp³-hybridized carbons (Fsp3) is 0.222. The van der Waals surface area contributed by atoms with Gasteiger partial charge in [0, 0.05) is 18.9 Å². The Hall–Kier alpha value is -3.26. The summed E-state index contributed by atoms with van der Waals surface area (Å²) in [4.78, 5) is 20.0. The van der Waals surface area contributed by atoms with Gasteiger partial charge in [0.05, 0.1) is 23.6 Å². The van der Waals surface area contributed by atoms with Crippen LogP contribution < -0.4 is 4.74 Å². The number of aromatic carboxylic acids is 1. The fourth-order valence-corrected chi connectivity index (χ4v) is 2.47. The number of hydrogen-bond acceptors (Lipinski definition) is 6. The maximum Gasteiger partial charge on any atom is 0.335 e. The lowest BCUT2D eigenvalue weighted by atomic mass is 10.2. The van der Waals surface area contributed by atoms with Gasteiger partial charge in [0.15, 0.2) is 0 Å². The average Bonchev–Trinajstić information content (AvgIpc) is 2.93. The molecule has 8 heteroatoms. The van der Waals surface area contributed by atoms with Crippen LogP contribution in [0.3, 0.4) is 0 Å². The summed E-state index contributed by atoms with van der Waals surface area (Å²) >= 11 is 0. The lowest BCUT2D eigenvalue weighted by Gasteiger charge is -2.10. The SMILES string of the molecule is COCc1cc(Oc2cccc(C(=O)O)c2)nc(-n2nc(C)cc2C)n1. The molecule has 1 N–H and O–H groups in total. The smallest absolute Gasteiger partial charge is 0.335 e. The highest BCUT2D eigenvalue weighted by atomic mass is 16.5. The molecular formula is C18H18N4O4. The molecule has 0 radical (unpaired) electrons. The summed E-state index contributed by atoms with van der Waals surface area (Å²) in [6.45, 7) is 4.07. The van der Waals surface area contributed by atoms with Crippen LogP contribution in [-0.4, -0.2) is 37.9 Å². The number of aryl methyl sites for hydroxylation is 2. The second kappa shape index (κ2) is 7.32. The lowest BCUT2D eigenvalue weighted by molar-refractivity contribution is 0.0696. The summed E-state index contributed by atoms with van der Waals surface area (Å²) < 4.78 is 12.5. The standard InChI is InChI=1S/C18H18N4O4/c1-11-7-12(2)22(21-11)18-19-14(10-25-3)9-16(20-18)26-15-6-4-5-13(8-15)17(23)24/h4-9H,10H2,1-3H3,(H,23,24). The van der Waals surface area contributed by atoms with Gasteiger partial charge in [0.25, 0.3) is 5.95 Å². The van der Waals surface area contributed by atoms with Crippen LogP contribution in [0.15, 0.2) is 36.4 Å². The molecule has 134 valence electrons. The first-order valence-electron chi connectivity index (χ1n) is 7.88. The number of carboxylic acids is 1.